The van der Waals surface area contributed by atoms with Gasteiger partial charge < -0.3 is 10.0 Å². The summed E-state index contributed by atoms with van der Waals surface area (Å²) < 4.78 is 0. The number of thiophene rings is 1. The highest BCUT2D eigenvalue weighted by molar-refractivity contribution is 7.99. The number of aliphatic carboxylic acids is 1. The van der Waals surface area contributed by atoms with Crippen LogP contribution in [0.3, 0.4) is 0 Å². The van der Waals surface area contributed by atoms with Gasteiger partial charge in [0, 0.05) is 22.9 Å². The van der Waals surface area contributed by atoms with Crippen LogP contribution < -0.4 is 0 Å². The van der Waals surface area contributed by atoms with Gasteiger partial charge >= 0.3 is 5.97 Å². The molecule has 19 heavy (non-hydrogen) atoms. The van der Waals surface area contributed by atoms with Crippen molar-refractivity contribution in [3.05, 3.63) is 22.4 Å². The average molecular weight is 299 g/mol. The van der Waals surface area contributed by atoms with Gasteiger partial charge in [0.25, 0.3) is 0 Å². The Bertz CT molecular complexity index is 447. The zero-order valence-corrected chi connectivity index (χ0v) is 12.4. The minimum absolute atomic E-state index is 0.0376. The van der Waals surface area contributed by atoms with Crippen LogP contribution in [0, 0.1) is 0 Å². The number of nitrogens with zero attached hydrogens (tertiary/aromatic N) is 1. The molecule has 4 nitrogen and oxygen atoms in total. The van der Waals surface area contributed by atoms with E-state index >= 15 is 0 Å². The van der Waals surface area contributed by atoms with Crippen molar-refractivity contribution in [1.82, 2.24) is 4.90 Å². The van der Waals surface area contributed by atoms with Gasteiger partial charge in [0.15, 0.2) is 0 Å². The van der Waals surface area contributed by atoms with E-state index < -0.39 is 5.97 Å². The second-order valence-electron chi connectivity index (χ2n) is 4.60. The fraction of sp³-hybridized carbons (Fsp3) is 0.538. The van der Waals surface area contributed by atoms with Crippen molar-refractivity contribution in [2.24, 2.45) is 0 Å². The van der Waals surface area contributed by atoms with Crippen molar-refractivity contribution < 1.29 is 14.7 Å². The number of carboxylic acids is 1. The minimum Gasteiger partial charge on any atom is -0.481 e. The number of rotatable bonds is 4. The fourth-order valence-electron chi connectivity index (χ4n) is 2.22. The van der Waals surface area contributed by atoms with Crippen LogP contribution in [0.25, 0.3) is 0 Å². The van der Waals surface area contributed by atoms with Gasteiger partial charge in [0.1, 0.15) is 0 Å². The van der Waals surface area contributed by atoms with E-state index in [1.54, 1.807) is 28.0 Å². The Balaban J connectivity index is 2.08. The molecule has 1 aromatic heterocycles. The Morgan fingerprint density at radius 3 is 3.00 bits per heavy atom. The first-order valence-electron chi connectivity index (χ1n) is 6.23. The molecule has 6 heteroatoms. The van der Waals surface area contributed by atoms with Crippen LogP contribution in [0.2, 0.25) is 0 Å². The molecular weight excluding hydrogens is 282 g/mol. The summed E-state index contributed by atoms with van der Waals surface area (Å²) in [6, 6.07) is 3.72. The predicted molar refractivity (Wildman–Crippen MR) is 77.8 cm³/mol. The summed E-state index contributed by atoms with van der Waals surface area (Å²) in [6.45, 7) is 2.55. The normalized spacial score (nSPS) is 21.1. The fourth-order valence-corrected chi connectivity index (χ4v) is 4.06. The number of amides is 1. The molecule has 1 aliphatic heterocycles. The summed E-state index contributed by atoms with van der Waals surface area (Å²) in [6.07, 6.45) is 0.0376. The van der Waals surface area contributed by atoms with Crippen molar-refractivity contribution in [2.45, 2.75) is 25.3 Å². The van der Waals surface area contributed by atoms with Gasteiger partial charge in [-0.2, -0.15) is 11.8 Å². The van der Waals surface area contributed by atoms with E-state index in [1.165, 1.54) is 0 Å². The second kappa shape index (κ2) is 6.43. The van der Waals surface area contributed by atoms with E-state index in [2.05, 4.69) is 0 Å². The number of thioether (sulfide) groups is 1. The van der Waals surface area contributed by atoms with Gasteiger partial charge in [-0.3, -0.25) is 9.59 Å². The lowest BCUT2D eigenvalue weighted by atomic mass is 10.1. The van der Waals surface area contributed by atoms with Gasteiger partial charge in [0.05, 0.1) is 18.4 Å². The molecule has 0 bridgehead atoms. The maximum absolute atomic E-state index is 12.5. The summed E-state index contributed by atoms with van der Waals surface area (Å²) in [7, 11) is 0. The van der Waals surface area contributed by atoms with Gasteiger partial charge in [-0.1, -0.05) is 6.07 Å². The van der Waals surface area contributed by atoms with Crippen molar-refractivity contribution in [3.8, 4) is 0 Å². The highest BCUT2D eigenvalue weighted by Gasteiger charge is 2.32. The summed E-state index contributed by atoms with van der Waals surface area (Å²) in [4.78, 5) is 26.2. The smallest absolute Gasteiger partial charge is 0.305 e. The molecule has 2 atom stereocenters. The van der Waals surface area contributed by atoms with Gasteiger partial charge in [-0.05, 0) is 18.4 Å². The lowest BCUT2D eigenvalue weighted by Crippen LogP contribution is -2.48. The highest BCUT2D eigenvalue weighted by Crippen LogP contribution is 2.27. The standard InChI is InChI=1S/C13H17NO3S2/c1-9(11-3-2-5-19-11)13(17)14-4-6-18-8-10(14)7-12(15)16/h2-3,5,9-10H,4,6-8H2,1H3,(H,15,16). The first-order chi connectivity index (χ1) is 9.09. The van der Waals surface area contributed by atoms with Gasteiger partial charge in [-0.25, -0.2) is 0 Å². The zero-order valence-electron chi connectivity index (χ0n) is 10.7. The lowest BCUT2D eigenvalue weighted by molar-refractivity contribution is -0.140. The monoisotopic (exact) mass is 299 g/mol. The number of carboxylic acid groups (broad SMARTS) is 1. The molecule has 1 amide bonds. The molecule has 1 aliphatic rings. The molecule has 2 unspecified atom stereocenters. The molecule has 1 saturated heterocycles. The van der Waals surface area contributed by atoms with Crippen molar-refractivity contribution >= 4 is 35.0 Å². The van der Waals surface area contributed by atoms with Crippen LogP contribution in [-0.2, 0) is 9.59 Å². The first kappa shape index (κ1) is 14.4. The molecule has 0 spiro atoms. The van der Waals surface area contributed by atoms with Crippen molar-refractivity contribution in [1.29, 1.82) is 0 Å². The molecule has 104 valence electrons. The zero-order chi connectivity index (χ0) is 13.8. The molecule has 0 aromatic carbocycles. The van der Waals surface area contributed by atoms with Gasteiger partial charge in [-0.15, -0.1) is 11.3 Å². The molecule has 0 aliphatic carbocycles. The van der Waals surface area contributed by atoms with Crippen LogP contribution in [0.5, 0.6) is 0 Å². The summed E-state index contributed by atoms with van der Waals surface area (Å²) in [5, 5.41) is 10.9. The van der Waals surface area contributed by atoms with E-state index in [9.17, 15) is 9.59 Å². The number of hydrogen-bond acceptors (Lipinski definition) is 4. The predicted octanol–water partition coefficient (Wildman–Crippen LogP) is 2.27. The Hall–Kier alpha value is -1.01. The highest BCUT2D eigenvalue weighted by atomic mass is 32.2. The van der Waals surface area contributed by atoms with Gasteiger partial charge in [0.2, 0.25) is 5.91 Å². The summed E-state index contributed by atoms with van der Waals surface area (Å²) in [5.74, 6) is 0.635. The van der Waals surface area contributed by atoms with E-state index in [0.717, 1.165) is 16.4 Å². The SMILES string of the molecule is CC(C(=O)N1CCSCC1CC(=O)O)c1cccs1. The van der Waals surface area contributed by atoms with Crippen molar-refractivity contribution in [3.63, 3.8) is 0 Å². The van der Waals surface area contributed by atoms with Crippen LogP contribution in [0.1, 0.15) is 24.1 Å². The minimum atomic E-state index is -0.839. The van der Waals surface area contributed by atoms with Crippen molar-refractivity contribution in [2.75, 3.05) is 18.1 Å². The van der Waals surface area contributed by atoms with E-state index in [0.29, 0.717) is 6.54 Å². The maximum atomic E-state index is 12.5. The topological polar surface area (TPSA) is 57.6 Å². The molecular formula is C13H17NO3S2. The first-order valence-corrected chi connectivity index (χ1v) is 8.26. The Kier molecular flexibility index (Phi) is 4.87. The molecule has 1 aromatic rings. The third kappa shape index (κ3) is 3.51. The number of carbonyl (C=O) groups is 2. The molecule has 1 N–H and O–H groups in total. The maximum Gasteiger partial charge on any atom is 0.305 e. The third-order valence-corrected chi connectivity index (χ3v) is 5.41. The molecule has 2 heterocycles. The average Bonchev–Trinajstić information content (AvgIpc) is 2.91. The largest absolute Gasteiger partial charge is 0.481 e. The second-order valence-corrected chi connectivity index (χ2v) is 6.72. The van der Waals surface area contributed by atoms with Crippen LogP contribution in [0.15, 0.2) is 17.5 Å². The molecule has 0 saturated carbocycles. The summed E-state index contributed by atoms with van der Waals surface area (Å²) >= 11 is 3.29. The Labute approximate surface area is 120 Å². The van der Waals surface area contributed by atoms with Crippen LogP contribution in [-0.4, -0.2) is 46.0 Å². The Morgan fingerprint density at radius 1 is 1.58 bits per heavy atom. The number of carbonyl (C=O) groups excluding carboxylic acids is 1. The number of hydrogen-bond donors (Lipinski definition) is 1. The van der Waals surface area contributed by atoms with E-state index in [1.807, 2.05) is 24.4 Å². The molecule has 0 radical (unpaired) electrons. The van der Waals surface area contributed by atoms with Crippen LogP contribution >= 0.6 is 23.1 Å². The molecule has 1 fully saturated rings. The van der Waals surface area contributed by atoms with E-state index in [-0.39, 0.29) is 24.3 Å². The summed E-state index contributed by atoms with van der Waals surface area (Å²) in [5.41, 5.74) is 0. The third-order valence-electron chi connectivity index (χ3n) is 3.26. The quantitative estimate of drug-likeness (QED) is 0.926. The van der Waals surface area contributed by atoms with Crippen LogP contribution in [0.4, 0.5) is 0 Å². The Morgan fingerprint density at radius 2 is 2.37 bits per heavy atom. The molecule has 2 rings (SSSR count). The van der Waals surface area contributed by atoms with E-state index in [4.69, 9.17) is 5.11 Å². The lowest BCUT2D eigenvalue weighted by Gasteiger charge is -2.36.